The van der Waals surface area contributed by atoms with Crippen LogP contribution in [0.25, 0.3) is 0 Å². The molecule has 0 saturated carbocycles. The van der Waals surface area contributed by atoms with Gasteiger partial charge in [-0.25, -0.2) is 0 Å². The van der Waals surface area contributed by atoms with Crippen molar-refractivity contribution in [2.45, 2.75) is 0 Å². The highest BCUT2D eigenvalue weighted by molar-refractivity contribution is 9.10. The summed E-state index contributed by atoms with van der Waals surface area (Å²) in [6.45, 7) is -1.01. The molecule has 10 nitrogen and oxygen atoms in total. The van der Waals surface area contributed by atoms with Gasteiger partial charge < -0.3 is 20.1 Å². The maximum Gasteiger partial charge on any atom is 0.325 e. The number of nitrogens with one attached hydrogen (secondary N) is 2. The molecule has 0 heterocycles. The molecule has 0 fully saturated rings. The maximum atomic E-state index is 12.0. The number of hydrogen-bond acceptors (Lipinski definition) is 7. The predicted molar refractivity (Wildman–Crippen MR) is 106 cm³/mol. The zero-order chi connectivity index (χ0) is 21.4. The summed E-state index contributed by atoms with van der Waals surface area (Å²) in [6.07, 6.45) is 0. The average molecular weight is 466 g/mol. The normalized spacial score (nSPS) is 10.0. The van der Waals surface area contributed by atoms with Crippen LogP contribution in [0.1, 0.15) is 10.4 Å². The number of ether oxygens (including phenoxy) is 2. The van der Waals surface area contributed by atoms with Crippen molar-refractivity contribution in [2.24, 2.45) is 0 Å². The summed E-state index contributed by atoms with van der Waals surface area (Å²) in [5.74, 6) is -1.46. The Morgan fingerprint density at radius 3 is 2.59 bits per heavy atom. The molecule has 0 saturated heterocycles. The summed E-state index contributed by atoms with van der Waals surface area (Å²) in [4.78, 5) is 45.7. The largest absolute Gasteiger partial charge is 0.497 e. The number of halogens is 1. The number of carbonyl (C=O) groups is 3. The van der Waals surface area contributed by atoms with Crippen molar-refractivity contribution in [1.82, 2.24) is 5.32 Å². The highest BCUT2D eigenvalue weighted by Crippen LogP contribution is 2.27. The van der Waals surface area contributed by atoms with Crippen molar-refractivity contribution in [3.05, 3.63) is 62.6 Å². The third-order valence-electron chi connectivity index (χ3n) is 3.53. The first-order valence-corrected chi connectivity index (χ1v) is 8.91. The topological polar surface area (TPSA) is 137 Å². The van der Waals surface area contributed by atoms with Crippen LogP contribution >= 0.6 is 15.9 Å². The molecule has 152 valence electrons. The number of amides is 2. The molecule has 0 aliphatic rings. The highest BCUT2D eigenvalue weighted by Gasteiger charge is 2.14. The Morgan fingerprint density at radius 2 is 1.93 bits per heavy atom. The fraction of sp³-hybridized carbons (Fsp3) is 0.167. The van der Waals surface area contributed by atoms with Gasteiger partial charge in [0.2, 0.25) is 0 Å². The van der Waals surface area contributed by atoms with Gasteiger partial charge in [0.25, 0.3) is 17.5 Å². The molecule has 2 amide bonds. The molecule has 2 N–H and O–H groups in total. The molecule has 2 rings (SSSR count). The number of anilines is 1. The number of carbonyl (C=O) groups excluding carboxylic acids is 3. The molecule has 0 aromatic heterocycles. The van der Waals surface area contributed by atoms with E-state index in [9.17, 15) is 24.5 Å². The zero-order valence-electron chi connectivity index (χ0n) is 15.1. The summed E-state index contributed by atoms with van der Waals surface area (Å²) in [6, 6.07) is 10.2. The van der Waals surface area contributed by atoms with Crippen LogP contribution in [0.15, 0.2) is 46.9 Å². The van der Waals surface area contributed by atoms with E-state index in [0.29, 0.717) is 15.8 Å². The van der Waals surface area contributed by atoms with E-state index in [1.165, 1.54) is 31.4 Å². The molecular formula is C18H16BrN3O7. The number of rotatable bonds is 8. The van der Waals surface area contributed by atoms with Crippen molar-refractivity contribution in [2.75, 3.05) is 25.6 Å². The number of esters is 1. The Bertz CT molecular complexity index is 949. The number of nitro benzene ring substituents is 1. The SMILES string of the molecule is COc1cccc(C(=O)NCC(=O)OCC(=O)Nc2ccc([N+](=O)[O-])cc2Br)c1. The predicted octanol–water partition coefficient (Wildman–Crippen LogP) is 2.28. The molecule has 11 heteroatoms. The number of benzene rings is 2. The highest BCUT2D eigenvalue weighted by atomic mass is 79.9. The van der Waals surface area contributed by atoms with Gasteiger partial charge in [0.15, 0.2) is 6.61 Å². The summed E-state index contributed by atoms with van der Waals surface area (Å²) in [7, 11) is 1.47. The molecule has 0 bridgehead atoms. The third-order valence-corrected chi connectivity index (χ3v) is 4.18. The van der Waals surface area contributed by atoms with Crippen LogP contribution < -0.4 is 15.4 Å². The lowest BCUT2D eigenvalue weighted by Gasteiger charge is -2.09. The monoisotopic (exact) mass is 465 g/mol. The average Bonchev–Trinajstić information content (AvgIpc) is 2.71. The van der Waals surface area contributed by atoms with Gasteiger partial charge in [-0.05, 0) is 40.2 Å². The molecule has 0 radical (unpaired) electrons. The fourth-order valence-electron chi connectivity index (χ4n) is 2.12. The van der Waals surface area contributed by atoms with Gasteiger partial charge in [0.05, 0.1) is 17.7 Å². The van der Waals surface area contributed by atoms with Crippen molar-refractivity contribution in [3.8, 4) is 5.75 Å². The second-order valence-corrected chi connectivity index (χ2v) is 6.40. The molecular weight excluding hydrogens is 450 g/mol. The van der Waals surface area contributed by atoms with Gasteiger partial charge in [-0.1, -0.05) is 6.07 Å². The van der Waals surface area contributed by atoms with E-state index in [1.54, 1.807) is 18.2 Å². The Hall–Kier alpha value is -3.47. The molecule has 29 heavy (non-hydrogen) atoms. The van der Waals surface area contributed by atoms with E-state index in [0.717, 1.165) is 0 Å². The molecule has 0 aliphatic heterocycles. The van der Waals surface area contributed by atoms with E-state index in [1.807, 2.05) is 0 Å². The minimum Gasteiger partial charge on any atom is -0.497 e. The minimum atomic E-state index is -0.806. The molecule has 0 spiro atoms. The summed E-state index contributed by atoms with van der Waals surface area (Å²) in [5.41, 5.74) is 0.439. The summed E-state index contributed by atoms with van der Waals surface area (Å²) < 4.78 is 10.1. The van der Waals surface area contributed by atoms with E-state index in [4.69, 9.17) is 9.47 Å². The first-order chi connectivity index (χ1) is 13.8. The lowest BCUT2D eigenvalue weighted by molar-refractivity contribution is -0.384. The van der Waals surface area contributed by atoms with Crippen molar-refractivity contribution in [1.29, 1.82) is 0 Å². The Kier molecular flexibility index (Phi) is 7.66. The Balaban J connectivity index is 1.79. The van der Waals surface area contributed by atoms with Gasteiger partial charge in [-0.3, -0.25) is 24.5 Å². The molecule has 0 unspecified atom stereocenters. The van der Waals surface area contributed by atoms with E-state index < -0.39 is 35.9 Å². The number of nitrogens with zero attached hydrogens (tertiary/aromatic N) is 1. The van der Waals surface area contributed by atoms with Crippen molar-refractivity contribution >= 4 is 45.1 Å². The van der Waals surface area contributed by atoms with Gasteiger partial charge in [-0.15, -0.1) is 0 Å². The summed E-state index contributed by atoms with van der Waals surface area (Å²) in [5, 5.41) is 15.5. The van der Waals surface area contributed by atoms with Gasteiger partial charge in [-0.2, -0.15) is 0 Å². The van der Waals surface area contributed by atoms with Crippen LogP contribution in [0.2, 0.25) is 0 Å². The first-order valence-electron chi connectivity index (χ1n) is 8.12. The third kappa shape index (κ3) is 6.57. The van der Waals surface area contributed by atoms with Crippen molar-refractivity contribution in [3.63, 3.8) is 0 Å². The van der Waals surface area contributed by atoms with Crippen LogP contribution in [0.3, 0.4) is 0 Å². The second kappa shape index (κ2) is 10.2. The van der Waals surface area contributed by atoms with Crippen LogP contribution in [-0.4, -0.2) is 43.0 Å². The summed E-state index contributed by atoms with van der Waals surface area (Å²) >= 11 is 3.11. The second-order valence-electron chi connectivity index (χ2n) is 5.54. The molecule has 2 aromatic carbocycles. The minimum absolute atomic E-state index is 0.145. The molecule has 2 aromatic rings. The van der Waals surface area contributed by atoms with Gasteiger partial charge in [0, 0.05) is 22.2 Å². The van der Waals surface area contributed by atoms with Gasteiger partial charge in [0.1, 0.15) is 12.3 Å². The molecule has 0 aliphatic carbocycles. The van der Waals surface area contributed by atoms with Crippen molar-refractivity contribution < 1.29 is 28.8 Å². The number of methoxy groups -OCH3 is 1. The Labute approximate surface area is 173 Å². The van der Waals surface area contributed by atoms with Crippen LogP contribution in [0.4, 0.5) is 11.4 Å². The lowest BCUT2D eigenvalue weighted by atomic mass is 10.2. The molecule has 0 atom stereocenters. The van der Waals surface area contributed by atoms with Crippen LogP contribution in [0.5, 0.6) is 5.75 Å². The maximum absolute atomic E-state index is 12.0. The van der Waals surface area contributed by atoms with E-state index in [-0.39, 0.29) is 11.4 Å². The van der Waals surface area contributed by atoms with Crippen LogP contribution in [0, 0.1) is 10.1 Å². The number of nitro groups is 1. The van der Waals surface area contributed by atoms with E-state index >= 15 is 0 Å². The van der Waals surface area contributed by atoms with Gasteiger partial charge >= 0.3 is 5.97 Å². The Morgan fingerprint density at radius 1 is 1.17 bits per heavy atom. The first kappa shape index (κ1) is 21.8. The van der Waals surface area contributed by atoms with E-state index in [2.05, 4.69) is 26.6 Å². The number of hydrogen-bond donors (Lipinski definition) is 2. The smallest absolute Gasteiger partial charge is 0.325 e. The number of non-ortho nitro benzene ring substituents is 1. The zero-order valence-corrected chi connectivity index (χ0v) is 16.7. The quantitative estimate of drug-likeness (QED) is 0.346. The standard InChI is InChI=1S/C18H16BrN3O7/c1-28-13-4-2-3-11(7-13)18(25)20-9-17(24)29-10-16(23)21-15-6-5-12(22(26)27)8-14(15)19/h2-8H,9-10H2,1H3,(H,20,25)(H,21,23). The fourth-order valence-corrected chi connectivity index (χ4v) is 2.59. The lowest BCUT2D eigenvalue weighted by Crippen LogP contribution is -2.32. The van der Waals surface area contributed by atoms with Crippen LogP contribution in [-0.2, 0) is 14.3 Å².